The summed E-state index contributed by atoms with van der Waals surface area (Å²) in [5, 5.41) is 2.54. The van der Waals surface area contributed by atoms with E-state index in [2.05, 4.69) is 21.2 Å². The number of benzene rings is 2. The zero-order valence-electron chi connectivity index (χ0n) is 10.4. The van der Waals surface area contributed by atoms with E-state index in [1.54, 1.807) is 24.3 Å². The van der Waals surface area contributed by atoms with E-state index in [4.69, 9.17) is 4.74 Å². The molecule has 0 aliphatic carbocycles. The van der Waals surface area contributed by atoms with E-state index in [-0.39, 0.29) is 5.69 Å². The smallest absolute Gasteiger partial charge is 0.259 e. The zero-order chi connectivity index (χ0) is 14.7. The van der Waals surface area contributed by atoms with E-state index in [1.165, 1.54) is 19.2 Å². The average molecular weight is 450 g/mol. The molecule has 0 radical (unpaired) electrons. The number of ether oxygens (including phenoxy) is 1. The molecular weight excluding hydrogens is 440 g/mol. The van der Waals surface area contributed by atoms with Crippen LogP contribution >= 0.6 is 38.5 Å². The van der Waals surface area contributed by atoms with Crippen LogP contribution in [0.15, 0.2) is 40.9 Å². The number of halogens is 3. The van der Waals surface area contributed by atoms with Gasteiger partial charge in [-0.15, -0.1) is 0 Å². The Kier molecular flexibility index (Phi) is 4.98. The van der Waals surface area contributed by atoms with Gasteiger partial charge in [0.2, 0.25) is 0 Å². The number of anilines is 1. The van der Waals surface area contributed by atoms with Crippen molar-refractivity contribution in [2.45, 2.75) is 0 Å². The highest BCUT2D eigenvalue weighted by Gasteiger charge is 2.14. The molecule has 0 aromatic heterocycles. The van der Waals surface area contributed by atoms with Crippen molar-refractivity contribution in [3.05, 3.63) is 55.8 Å². The van der Waals surface area contributed by atoms with Gasteiger partial charge >= 0.3 is 0 Å². The summed E-state index contributed by atoms with van der Waals surface area (Å²) in [7, 11) is 1.48. The van der Waals surface area contributed by atoms with E-state index in [1.807, 2.05) is 22.6 Å². The molecule has 104 valence electrons. The molecule has 20 heavy (non-hydrogen) atoms. The fraction of sp³-hybridized carbons (Fsp3) is 0.0714. The molecule has 0 atom stereocenters. The van der Waals surface area contributed by atoms with Crippen LogP contribution in [-0.4, -0.2) is 13.0 Å². The van der Waals surface area contributed by atoms with Gasteiger partial charge in [0.15, 0.2) is 0 Å². The number of hydrogen-bond acceptors (Lipinski definition) is 2. The Hall–Kier alpha value is -1.15. The molecule has 2 aromatic carbocycles. The van der Waals surface area contributed by atoms with Gasteiger partial charge < -0.3 is 10.1 Å². The average Bonchev–Trinajstić information content (AvgIpc) is 2.41. The summed E-state index contributed by atoms with van der Waals surface area (Å²) >= 11 is 5.30. The summed E-state index contributed by atoms with van der Waals surface area (Å²) in [6.45, 7) is 0. The van der Waals surface area contributed by atoms with Gasteiger partial charge in [-0.25, -0.2) is 4.39 Å². The van der Waals surface area contributed by atoms with Gasteiger partial charge in [-0.05, 0) is 59.0 Å². The largest absolute Gasteiger partial charge is 0.496 e. The van der Waals surface area contributed by atoms with Gasteiger partial charge in [0.05, 0.1) is 18.4 Å². The van der Waals surface area contributed by atoms with Gasteiger partial charge in [0, 0.05) is 8.04 Å². The Morgan fingerprint density at radius 1 is 1.30 bits per heavy atom. The van der Waals surface area contributed by atoms with Crippen molar-refractivity contribution in [1.82, 2.24) is 0 Å². The standard InChI is InChI=1S/C14H10BrFINO2/c1-20-13-5-2-8(15)6-10(13)14(19)18-12-4-3-9(17)7-11(12)16/h2-7H,1H3,(H,18,19). The van der Waals surface area contributed by atoms with Crippen LogP contribution in [0.2, 0.25) is 0 Å². The Labute approximate surface area is 137 Å². The Balaban J connectivity index is 2.30. The first-order valence-electron chi connectivity index (χ1n) is 5.61. The fourth-order valence-corrected chi connectivity index (χ4v) is 2.45. The first-order valence-corrected chi connectivity index (χ1v) is 7.48. The summed E-state index contributed by atoms with van der Waals surface area (Å²) in [6, 6.07) is 9.66. The van der Waals surface area contributed by atoms with Crippen molar-refractivity contribution in [2.75, 3.05) is 12.4 Å². The molecule has 0 heterocycles. The molecule has 1 N–H and O–H groups in total. The number of hydrogen-bond donors (Lipinski definition) is 1. The lowest BCUT2D eigenvalue weighted by Gasteiger charge is -2.10. The Morgan fingerprint density at radius 2 is 2.05 bits per heavy atom. The lowest BCUT2D eigenvalue weighted by molar-refractivity contribution is 0.102. The minimum Gasteiger partial charge on any atom is -0.496 e. The second kappa shape index (κ2) is 6.53. The van der Waals surface area contributed by atoms with E-state index in [0.717, 1.165) is 8.04 Å². The van der Waals surface area contributed by atoms with Gasteiger partial charge in [-0.3, -0.25) is 4.79 Å². The molecule has 2 aromatic rings. The van der Waals surface area contributed by atoms with E-state index in [0.29, 0.717) is 11.3 Å². The van der Waals surface area contributed by atoms with Crippen molar-refractivity contribution in [1.29, 1.82) is 0 Å². The van der Waals surface area contributed by atoms with Gasteiger partial charge in [-0.1, -0.05) is 15.9 Å². The quantitative estimate of drug-likeness (QED) is 0.703. The summed E-state index contributed by atoms with van der Waals surface area (Å²) in [5.74, 6) is -0.473. The Bertz CT molecular complexity index is 664. The third-order valence-corrected chi connectivity index (χ3v) is 3.75. The van der Waals surface area contributed by atoms with Crippen molar-refractivity contribution in [3.8, 4) is 5.75 Å². The number of nitrogens with one attached hydrogen (secondary N) is 1. The summed E-state index contributed by atoms with van der Waals surface area (Å²) in [5.41, 5.74) is 0.470. The second-order valence-electron chi connectivity index (χ2n) is 3.92. The van der Waals surface area contributed by atoms with Crippen LogP contribution in [0, 0.1) is 9.39 Å². The maximum atomic E-state index is 13.7. The number of rotatable bonds is 3. The molecule has 0 aliphatic rings. The summed E-state index contributed by atoms with van der Waals surface area (Å²) in [6.07, 6.45) is 0. The molecule has 0 spiro atoms. The van der Waals surface area contributed by atoms with Crippen LogP contribution in [-0.2, 0) is 0 Å². The molecular formula is C14H10BrFINO2. The number of carbonyl (C=O) groups is 1. The van der Waals surface area contributed by atoms with Crippen LogP contribution in [0.3, 0.4) is 0 Å². The van der Waals surface area contributed by atoms with Crippen molar-refractivity contribution < 1.29 is 13.9 Å². The predicted molar refractivity (Wildman–Crippen MR) is 87.8 cm³/mol. The monoisotopic (exact) mass is 449 g/mol. The van der Waals surface area contributed by atoms with Crippen LogP contribution in [0.1, 0.15) is 10.4 Å². The van der Waals surface area contributed by atoms with Crippen molar-refractivity contribution >= 4 is 50.1 Å². The molecule has 0 fully saturated rings. The topological polar surface area (TPSA) is 38.3 Å². The SMILES string of the molecule is COc1ccc(Br)cc1C(=O)Nc1ccc(I)cc1F. The predicted octanol–water partition coefficient (Wildman–Crippen LogP) is 4.45. The van der Waals surface area contributed by atoms with Gasteiger partial charge in [0.1, 0.15) is 11.6 Å². The molecule has 0 aliphatic heterocycles. The van der Waals surface area contributed by atoms with Crippen LogP contribution in [0.4, 0.5) is 10.1 Å². The highest BCUT2D eigenvalue weighted by molar-refractivity contribution is 14.1. The molecule has 0 unspecified atom stereocenters. The highest BCUT2D eigenvalue weighted by Crippen LogP contribution is 2.25. The third-order valence-electron chi connectivity index (χ3n) is 2.59. The maximum absolute atomic E-state index is 13.7. The maximum Gasteiger partial charge on any atom is 0.259 e. The second-order valence-corrected chi connectivity index (χ2v) is 6.08. The van der Waals surface area contributed by atoms with Crippen LogP contribution in [0.5, 0.6) is 5.75 Å². The number of carbonyl (C=O) groups excluding carboxylic acids is 1. The number of amides is 1. The lowest BCUT2D eigenvalue weighted by Crippen LogP contribution is -2.14. The van der Waals surface area contributed by atoms with Crippen molar-refractivity contribution in [3.63, 3.8) is 0 Å². The normalized spacial score (nSPS) is 10.2. The van der Waals surface area contributed by atoms with E-state index >= 15 is 0 Å². The molecule has 6 heteroatoms. The lowest BCUT2D eigenvalue weighted by atomic mass is 10.2. The molecule has 0 saturated carbocycles. The van der Waals surface area contributed by atoms with E-state index in [9.17, 15) is 9.18 Å². The molecule has 1 amide bonds. The minimum absolute atomic E-state index is 0.137. The van der Waals surface area contributed by atoms with E-state index < -0.39 is 11.7 Å². The van der Waals surface area contributed by atoms with Gasteiger partial charge in [-0.2, -0.15) is 0 Å². The molecule has 2 rings (SSSR count). The first-order chi connectivity index (χ1) is 9.51. The third kappa shape index (κ3) is 3.49. The fourth-order valence-electron chi connectivity index (χ4n) is 1.64. The van der Waals surface area contributed by atoms with Crippen molar-refractivity contribution in [2.24, 2.45) is 0 Å². The highest BCUT2D eigenvalue weighted by atomic mass is 127. The van der Waals surface area contributed by atoms with Crippen LogP contribution in [0.25, 0.3) is 0 Å². The minimum atomic E-state index is -0.473. The van der Waals surface area contributed by atoms with Gasteiger partial charge in [0.25, 0.3) is 5.91 Å². The molecule has 0 bridgehead atoms. The first kappa shape index (κ1) is 15.2. The molecule has 3 nitrogen and oxygen atoms in total. The Morgan fingerprint density at radius 3 is 2.70 bits per heavy atom. The summed E-state index contributed by atoms with van der Waals surface area (Å²) in [4.78, 5) is 12.2. The molecule has 0 saturated heterocycles. The number of methoxy groups -OCH3 is 1. The van der Waals surface area contributed by atoms with Crippen LogP contribution < -0.4 is 10.1 Å². The summed E-state index contributed by atoms with van der Waals surface area (Å²) < 4.78 is 20.4. The zero-order valence-corrected chi connectivity index (χ0v) is 14.2.